The average Bonchev–Trinajstić information content (AvgIpc) is 3.05. The zero-order valence-corrected chi connectivity index (χ0v) is 11.9. The van der Waals surface area contributed by atoms with E-state index in [4.69, 9.17) is 0 Å². The number of carbonyl (C=O) groups excluding carboxylic acids is 1. The molecule has 1 aliphatic rings. The number of rotatable bonds is 3. The van der Waals surface area contributed by atoms with E-state index in [0.717, 1.165) is 19.3 Å². The van der Waals surface area contributed by atoms with Crippen molar-refractivity contribution in [1.82, 2.24) is 10.3 Å². The van der Waals surface area contributed by atoms with Crippen LogP contribution in [0.1, 0.15) is 36.7 Å². The van der Waals surface area contributed by atoms with E-state index in [2.05, 4.69) is 10.3 Å². The summed E-state index contributed by atoms with van der Waals surface area (Å²) in [5, 5.41) is 12.9. The molecule has 1 aliphatic carbocycles. The first-order valence-corrected chi connectivity index (χ1v) is 7.22. The predicted molar refractivity (Wildman–Crippen MR) is 78.6 cm³/mol. The van der Waals surface area contributed by atoms with Crippen LogP contribution in [0.25, 0.3) is 10.9 Å². The predicted octanol–water partition coefficient (Wildman–Crippen LogP) is 2.59. The molecule has 0 saturated heterocycles. The molecular formula is C16H19FN2O2. The quantitative estimate of drug-likeness (QED) is 0.813. The second-order valence-corrected chi connectivity index (χ2v) is 6.11. The molecule has 1 heterocycles. The maximum atomic E-state index is 13.7. The fourth-order valence-electron chi connectivity index (χ4n) is 3.14. The summed E-state index contributed by atoms with van der Waals surface area (Å²) in [6.07, 6.45) is 2.75. The lowest BCUT2D eigenvalue weighted by Crippen LogP contribution is -2.44. The molecule has 1 aromatic carbocycles. The summed E-state index contributed by atoms with van der Waals surface area (Å²) < 4.78 is 13.7. The van der Waals surface area contributed by atoms with Gasteiger partial charge in [0.15, 0.2) is 0 Å². The highest BCUT2D eigenvalue weighted by Gasteiger charge is 2.39. The van der Waals surface area contributed by atoms with Crippen molar-refractivity contribution >= 4 is 16.8 Å². The van der Waals surface area contributed by atoms with E-state index in [1.165, 1.54) is 12.1 Å². The van der Waals surface area contributed by atoms with Crippen LogP contribution in [0.4, 0.5) is 4.39 Å². The van der Waals surface area contributed by atoms with Crippen LogP contribution in [0.3, 0.4) is 0 Å². The van der Waals surface area contributed by atoms with Gasteiger partial charge in [-0.1, -0.05) is 19.4 Å². The fraction of sp³-hybridized carbons (Fsp3) is 0.438. The van der Waals surface area contributed by atoms with E-state index in [-0.39, 0.29) is 29.8 Å². The number of fused-ring (bicyclic) bond motifs is 1. The Morgan fingerprint density at radius 2 is 2.38 bits per heavy atom. The Balaban J connectivity index is 1.83. The average molecular weight is 290 g/mol. The summed E-state index contributed by atoms with van der Waals surface area (Å²) >= 11 is 0. The van der Waals surface area contributed by atoms with Crippen LogP contribution in [0.15, 0.2) is 24.3 Å². The number of carbonyl (C=O) groups is 1. The molecule has 1 amide bonds. The number of H-pyrrole nitrogens is 1. The van der Waals surface area contributed by atoms with Gasteiger partial charge in [0, 0.05) is 22.4 Å². The zero-order chi connectivity index (χ0) is 15.0. The van der Waals surface area contributed by atoms with Gasteiger partial charge in [0.05, 0.1) is 6.61 Å². The van der Waals surface area contributed by atoms with E-state index in [9.17, 15) is 14.3 Å². The molecule has 21 heavy (non-hydrogen) atoms. The van der Waals surface area contributed by atoms with Crippen LogP contribution < -0.4 is 5.32 Å². The summed E-state index contributed by atoms with van der Waals surface area (Å²) in [5.74, 6) is -0.596. The third kappa shape index (κ3) is 2.42. The van der Waals surface area contributed by atoms with E-state index in [1.807, 2.05) is 6.92 Å². The number of aromatic amines is 1. The molecule has 1 aromatic heterocycles. The Kier molecular flexibility index (Phi) is 3.45. The highest BCUT2D eigenvalue weighted by molar-refractivity contribution is 5.98. The van der Waals surface area contributed by atoms with Crippen LogP contribution in [0.2, 0.25) is 0 Å². The monoisotopic (exact) mass is 290 g/mol. The Hall–Kier alpha value is -1.88. The first-order chi connectivity index (χ1) is 10.0. The van der Waals surface area contributed by atoms with Gasteiger partial charge in [-0.2, -0.15) is 0 Å². The summed E-state index contributed by atoms with van der Waals surface area (Å²) in [7, 11) is 0. The fourth-order valence-corrected chi connectivity index (χ4v) is 3.14. The van der Waals surface area contributed by atoms with Crippen LogP contribution in [0, 0.1) is 11.2 Å². The molecule has 2 atom stereocenters. The normalized spacial score (nSPS) is 25.4. The molecule has 0 spiro atoms. The van der Waals surface area contributed by atoms with Gasteiger partial charge in [-0.25, -0.2) is 4.39 Å². The summed E-state index contributed by atoms with van der Waals surface area (Å²) in [5.41, 5.74) is 0.686. The molecular weight excluding hydrogens is 271 g/mol. The van der Waals surface area contributed by atoms with Gasteiger partial charge in [-0.15, -0.1) is 0 Å². The second-order valence-electron chi connectivity index (χ2n) is 6.11. The topological polar surface area (TPSA) is 65.1 Å². The highest BCUT2D eigenvalue weighted by Crippen LogP contribution is 2.37. The van der Waals surface area contributed by atoms with Gasteiger partial charge in [0.2, 0.25) is 0 Å². The zero-order valence-electron chi connectivity index (χ0n) is 11.9. The van der Waals surface area contributed by atoms with Crippen LogP contribution in [-0.2, 0) is 0 Å². The van der Waals surface area contributed by atoms with Crippen LogP contribution in [-0.4, -0.2) is 28.6 Å². The third-order valence-electron chi connectivity index (χ3n) is 4.60. The number of amides is 1. The number of aromatic nitrogens is 1. The number of hydrogen-bond donors (Lipinski definition) is 3. The molecule has 0 aliphatic heterocycles. The van der Waals surface area contributed by atoms with E-state index < -0.39 is 0 Å². The lowest BCUT2D eigenvalue weighted by Gasteiger charge is -2.29. The molecule has 5 heteroatoms. The van der Waals surface area contributed by atoms with E-state index >= 15 is 0 Å². The standard InChI is InChI=1S/C16H19FN2O2/c1-16(9-20)7-3-6-14(16)19-15(21)13-8-10-11(17)4-2-5-12(10)18-13/h2,4-5,8,14,18,20H,3,6-7,9H2,1H3,(H,19,21). The Bertz CT molecular complexity index is 682. The van der Waals surface area contributed by atoms with Gasteiger partial charge in [-0.3, -0.25) is 4.79 Å². The van der Waals surface area contributed by atoms with Crippen molar-refractivity contribution in [2.24, 2.45) is 5.41 Å². The first kappa shape index (κ1) is 14.1. The van der Waals surface area contributed by atoms with Gasteiger partial charge >= 0.3 is 0 Å². The van der Waals surface area contributed by atoms with Gasteiger partial charge in [0.1, 0.15) is 11.5 Å². The van der Waals surface area contributed by atoms with Crippen molar-refractivity contribution in [2.45, 2.75) is 32.2 Å². The lowest BCUT2D eigenvalue weighted by molar-refractivity contribution is 0.0827. The minimum atomic E-state index is -0.344. The minimum Gasteiger partial charge on any atom is -0.396 e. The summed E-state index contributed by atoms with van der Waals surface area (Å²) in [4.78, 5) is 15.3. The molecule has 3 rings (SSSR count). The number of aliphatic hydroxyl groups excluding tert-OH is 1. The smallest absolute Gasteiger partial charge is 0.267 e. The van der Waals surface area contributed by atoms with Crippen molar-refractivity contribution in [3.63, 3.8) is 0 Å². The van der Waals surface area contributed by atoms with Crippen molar-refractivity contribution < 1.29 is 14.3 Å². The minimum absolute atomic E-state index is 0.0498. The molecule has 0 bridgehead atoms. The molecule has 1 fully saturated rings. The van der Waals surface area contributed by atoms with E-state index in [1.54, 1.807) is 12.1 Å². The molecule has 2 unspecified atom stereocenters. The number of hydrogen-bond acceptors (Lipinski definition) is 2. The highest BCUT2D eigenvalue weighted by atomic mass is 19.1. The van der Waals surface area contributed by atoms with Crippen molar-refractivity contribution in [3.05, 3.63) is 35.8 Å². The van der Waals surface area contributed by atoms with Gasteiger partial charge < -0.3 is 15.4 Å². The SMILES string of the molecule is CC1(CO)CCCC1NC(=O)c1cc2c(F)cccc2[nH]1. The molecule has 1 saturated carbocycles. The van der Waals surface area contributed by atoms with Crippen molar-refractivity contribution in [1.29, 1.82) is 0 Å². The van der Waals surface area contributed by atoms with Crippen molar-refractivity contribution in [2.75, 3.05) is 6.61 Å². The van der Waals surface area contributed by atoms with Gasteiger partial charge in [0.25, 0.3) is 5.91 Å². The number of halogens is 1. The van der Waals surface area contributed by atoms with Crippen LogP contribution >= 0.6 is 0 Å². The number of benzene rings is 1. The number of nitrogens with one attached hydrogen (secondary N) is 2. The van der Waals surface area contributed by atoms with Gasteiger partial charge in [-0.05, 0) is 31.0 Å². The molecule has 0 radical (unpaired) electrons. The number of aliphatic hydroxyl groups is 1. The molecule has 4 nitrogen and oxygen atoms in total. The summed E-state index contributed by atoms with van der Waals surface area (Å²) in [6, 6.07) is 6.20. The third-order valence-corrected chi connectivity index (χ3v) is 4.60. The Labute approximate surface area is 122 Å². The van der Waals surface area contributed by atoms with Crippen molar-refractivity contribution in [3.8, 4) is 0 Å². The second kappa shape index (κ2) is 5.15. The summed E-state index contributed by atoms with van der Waals surface area (Å²) in [6.45, 7) is 2.04. The first-order valence-electron chi connectivity index (χ1n) is 7.22. The Morgan fingerprint density at radius 3 is 3.10 bits per heavy atom. The maximum absolute atomic E-state index is 13.7. The van der Waals surface area contributed by atoms with Crippen LogP contribution in [0.5, 0.6) is 0 Å². The molecule has 3 N–H and O–H groups in total. The van der Waals surface area contributed by atoms with E-state index in [0.29, 0.717) is 16.6 Å². The maximum Gasteiger partial charge on any atom is 0.267 e. The molecule has 112 valence electrons. The lowest BCUT2D eigenvalue weighted by atomic mass is 9.86. The molecule has 2 aromatic rings. The largest absolute Gasteiger partial charge is 0.396 e. The Morgan fingerprint density at radius 1 is 1.57 bits per heavy atom.